The van der Waals surface area contributed by atoms with Gasteiger partial charge in [0.2, 0.25) is 0 Å². The molecule has 1 aromatic heterocycles. The van der Waals surface area contributed by atoms with Gasteiger partial charge in [0.25, 0.3) is 0 Å². The maximum Gasteiger partial charge on any atom is 0.152 e. The second-order valence-electron chi connectivity index (χ2n) is 4.41. The number of carbonyl (C=O) groups is 1. The number of hydrogen-bond acceptors (Lipinski definition) is 2. The molecule has 3 rings (SSSR count). The third-order valence-corrected chi connectivity index (χ3v) is 3.19. The van der Waals surface area contributed by atoms with Crippen molar-refractivity contribution >= 4 is 17.3 Å². The number of fused-ring (bicyclic) bond motifs is 1. The highest BCUT2D eigenvalue weighted by molar-refractivity contribution is 5.83. The van der Waals surface area contributed by atoms with Crippen LogP contribution in [-0.2, 0) is 7.05 Å². The SMILES string of the molecule is Cn1cnc2cc(-c3ccc(C=O)c(F)c3)ccc21. The lowest BCUT2D eigenvalue weighted by molar-refractivity contribution is 0.112. The number of rotatable bonds is 2. The number of imidazole rings is 1. The van der Waals surface area contributed by atoms with Crippen molar-refractivity contribution in [1.82, 2.24) is 9.55 Å². The summed E-state index contributed by atoms with van der Waals surface area (Å²) in [5.74, 6) is -0.506. The van der Waals surface area contributed by atoms with Crippen LogP contribution < -0.4 is 0 Å². The first-order valence-corrected chi connectivity index (χ1v) is 5.85. The zero-order valence-electron chi connectivity index (χ0n) is 10.3. The summed E-state index contributed by atoms with van der Waals surface area (Å²) in [5, 5.41) is 0. The van der Waals surface area contributed by atoms with E-state index in [1.807, 2.05) is 29.8 Å². The van der Waals surface area contributed by atoms with Gasteiger partial charge in [-0.3, -0.25) is 4.79 Å². The molecule has 0 N–H and O–H groups in total. The lowest BCUT2D eigenvalue weighted by Crippen LogP contribution is -1.89. The maximum atomic E-state index is 13.6. The summed E-state index contributed by atoms with van der Waals surface area (Å²) >= 11 is 0. The Hall–Kier alpha value is -2.49. The van der Waals surface area contributed by atoms with Gasteiger partial charge in [-0.15, -0.1) is 0 Å². The van der Waals surface area contributed by atoms with E-state index in [-0.39, 0.29) is 5.56 Å². The van der Waals surface area contributed by atoms with E-state index in [0.29, 0.717) is 6.29 Å². The molecule has 0 radical (unpaired) electrons. The highest BCUT2D eigenvalue weighted by Gasteiger charge is 2.06. The highest BCUT2D eigenvalue weighted by atomic mass is 19.1. The van der Waals surface area contributed by atoms with Crippen LogP contribution in [0.1, 0.15) is 10.4 Å². The number of aromatic nitrogens is 2. The normalized spacial score (nSPS) is 10.8. The second kappa shape index (κ2) is 4.31. The van der Waals surface area contributed by atoms with Crippen LogP contribution in [0.3, 0.4) is 0 Å². The van der Waals surface area contributed by atoms with Gasteiger partial charge in [0.05, 0.1) is 22.9 Å². The number of hydrogen-bond donors (Lipinski definition) is 0. The molecule has 0 aliphatic rings. The van der Waals surface area contributed by atoms with Gasteiger partial charge in [-0.25, -0.2) is 9.37 Å². The monoisotopic (exact) mass is 254 g/mol. The van der Waals surface area contributed by atoms with Crippen molar-refractivity contribution < 1.29 is 9.18 Å². The Kier molecular flexibility index (Phi) is 2.63. The molecular weight excluding hydrogens is 243 g/mol. The van der Waals surface area contributed by atoms with Gasteiger partial charge >= 0.3 is 0 Å². The van der Waals surface area contributed by atoms with Crippen molar-refractivity contribution in [2.24, 2.45) is 7.05 Å². The van der Waals surface area contributed by atoms with E-state index in [2.05, 4.69) is 4.98 Å². The van der Waals surface area contributed by atoms with Crippen LogP contribution in [0.4, 0.5) is 4.39 Å². The minimum absolute atomic E-state index is 0.0719. The minimum atomic E-state index is -0.506. The van der Waals surface area contributed by atoms with Crippen LogP contribution in [0.25, 0.3) is 22.2 Å². The van der Waals surface area contributed by atoms with E-state index in [1.165, 1.54) is 12.1 Å². The lowest BCUT2D eigenvalue weighted by atomic mass is 10.0. The van der Waals surface area contributed by atoms with E-state index in [9.17, 15) is 9.18 Å². The van der Waals surface area contributed by atoms with Crippen molar-refractivity contribution in [2.75, 3.05) is 0 Å². The number of aryl methyl sites for hydroxylation is 1. The molecule has 0 aliphatic carbocycles. The zero-order chi connectivity index (χ0) is 13.4. The summed E-state index contributed by atoms with van der Waals surface area (Å²) < 4.78 is 15.5. The molecule has 3 aromatic rings. The summed E-state index contributed by atoms with van der Waals surface area (Å²) in [7, 11) is 1.92. The molecule has 0 saturated carbocycles. The average molecular weight is 254 g/mol. The zero-order valence-corrected chi connectivity index (χ0v) is 10.3. The van der Waals surface area contributed by atoms with E-state index in [0.717, 1.165) is 22.2 Å². The first-order chi connectivity index (χ1) is 9.19. The molecule has 3 nitrogen and oxygen atoms in total. The first-order valence-electron chi connectivity index (χ1n) is 5.85. The molecule has 19 heavy (non-hydrogen) atoms. The summed E-state index contributed by atoms with van der Waals surface area (Å²) in [4.78, 5) is 14.9. The third-order valence-electron chi connectivity index (χ3n) is 3.19. The molecular formula is C15H11FN2O. The summed E-state index contributed by atoms with van der Waals surface area (Å²) in [5.41, 5.74) is 3.56. The van der Waals surface area contributed by atoms with Crippen molar-refractivity contribution in [3.05, 3.63) is 54.1 Å². The van der Waals surface area contributed by atoms with E-state index in [1.54, 1.807) is 12.4 Å². The summed E-state index contributed by atoms with van der Waals surface area (Å²) in [6, 6.07) is 10.4. The molecule has 2 aromatic carbocycles. The van der Waals surface area contributed by atoms with Gasteiger partial charge in [0, 0.05) is 7.05 Å². The van der Waals surface area contributed by atoms with Gasteiger partial charge < -0.3 is 4.57 Å². The fourth-order valence-corrected chi connectivity index (χ4v) is 2.12. The number of benzene rings is 2. The largest absolute Gasteiger partial charge is 0.334 e. The van der Waals surface area contributed by atoms with Crippen LogP contribution in [0, 0.1) is 5.82 Å². The predicted octanol–water partition coefficient (Wildman–Crippen LogP) is 3.19. The Balaban J connectivity index is 2.13. The first kappa shape index (κ1) is 11.6. The number of halogens is 1. The Labute approximate surface area is 109 Å². The standard InChI is InChI=1S/C15H11FN2O/c1-18-9-17-14-7-11(4-5-15(14)18)10-2-3-12(8-19)13(16)6-10/h2-9H,1H3. The van der Waals surface area contributed by atoms with Crippen LogP contribution in [0.15, 0.2) is 42.7 Å². The number of aldehydes is 1. The van der Waals surface area contributed by atoms with Crippen LogP contribution in [0.5, 0.6) is 0 Å². The fourth-order valence-electron chi connectivity index (χ4n) is 2.12. The molecule has 0 aliphatic heterocycles. The Morgan fingerprint density at radius 3 is 2.63 bits per heavy atom. The van der Waals surface area contributed by atoms with Crippen molar-refractivity contribution in [3.63, 3.8) is 0 Å². The van der Waals surface area contributed by atoms with Gasteiger partial charge in [0.15, 0.2) is 6.29 Å². The van der Waals surface area contributed by atoms with Gasteiger partial charge in [-0.1, -0.05) is 12.1 Å². The molecule has 94 valence electrons. The fraction of sp³-hybridized carbons (Fsp3) is 0.0667. The molecule has 0 amide bonds. The number of nitrogens with zero attached hydrogens (tertiary/aromatic N) is 2. The molecule has 4 heteroatoms. The second-order valence-corrected chi connectivity index (χ2v) is 4.41. The molecule has 1 heterocycles. The summed E-state index contributed by atoms with van der Waals surface area (Å²) in [6.45, 7) is 0. The van der Waals surface area contributed by atoms with E-state index in [4.69, 9.17) is 0 Å². The van der Waals surface area contributed by atoms with Crippen LogP contribution in [0.2, 0.25) is 0 Å². The van der Waals surface area contributed by atoms with Crippen LogP contribution in [-0.4, -0.2) is 15.8 Å². The van der Waals surface area contributed by atoms with Crippen molar-refractivity contribution in [3.8, 4) is 11.1 Å². The highest BCUT2D eigenvalue weighted by Crippen LogP contribution is 2.25. The van der Waals surface area contributed by atoms with E-state index >= 15 is 0 Å². The molecule has 0 spiro atoms. The molecule has 0 atom stereocenters. The smallest absolute Gasteiger partial charge is 0.152 e. The predicted molar refractivity (Wildman–Crippen MR) is 71.5 cm³/mol. The lowest BCUT2D eigenvalue weighted by Gasteiger charge is -2.04. The Morgan fingerprint density at radius 2 is 1.89 bits per heavy atom. The minimum Gasteiger partial charge on any atom is -0.334 e. The van der Waals surface area contributed by atoms with Crippen molar-refractivity contribution in [1.29, 1.82) is 0 Å². The van der Waals surface area contributed by atoms with Crippen molar-refractivity contribution in [2.45, 2.75) is 0 Å². The quantitative estimate of drug-likeness (QED) is 0.658. The topological polar surface area (TPSA) is 34.9 Å². The maximum absolute atomic E-state index is 13.6. The molecule has 0 saturated heterocycles. The Bertz CT molecular complexity index is 777. The average Bonchev–Trinajstić information content (AvgIpc) is 2.80. The van der Waals surface area contributed by atoms with Gasteiger partial charge in [-0.05, 0) is 35.4 Å². The Morgan fingerprint density at radius 1 is 1.16 bits per heavy atom. The third kappa shape index (κ3) is 1.91. The molecule has 0 unspecified atom stereocenters. The number of carbonyl (C=O) groups excluding carboxylic acids is 1. The summed E-state index contributed by atoms with van der Waals surface area (Å²) in [6.07, 6.45) is 2.26. The molecule has 0 bridgehead atoms. The molecule has 0 fully saturated rings. The van der Waals surface area contributed by atoms with Gasteiger partial charge in [-0.2, -0.15) is 0 Å². The van der Waals surface area contributed by atoms with Gasteiger partial charge in [0.1, 0.15) is 5.82 Å². The van der Waals surface area contributed by atoms with Crippen LogP contribution >= 0.6 is 0 Å². The van der Waals surface area contributed by atoms with E-state index < -0.39 is 5.82 Å².